The third kappa shape index (κ3) is 5.48. The summed E-state index contributed by atoms with van der Waals surface area (Å²) >= 11 is 0. The van der Waals surface area contributed by atoms with Gasteiger partial charge in [-0.1, -0.05) is 0 Å². The van der Waals surface area contributed by atoms with Crippen molar-refractivity contribution in [2.24, 2.45) is 0 Å². The summed E-state index contributed by atoms with van der Waals surface area (Å²) in [7, 11) is 0. The molecule has 0 spiro atoms. The minimum atomic E-state index is -1.23. The number of nitrogens with one attached hydrogen (secondary N) is 1. The first-order valence-electron chi connectivity index (χ1n) is 7.85. The normalized spacial score (nSPS) is 17.0. The molecule has 9 heteroatoms. The number of hydrogen-bond acceptors (Lipinski definition) is 5. The molecule has 9 nitrogen and oxygen atoms in total. The topological polar surface area (TPSA) is 116 Å². The first-order valence-corrected chi connectivity index (χ1v) is 7.85. The molecule has 0 bridgehead atoms. The molecule has 0 radical (unpaired) electrons. The van der Waals surface area contributed by atoms with E-state index < -0.39 is 35.5 Å². The molecule has 24 heavy (non-hydrogen) atoms. The van der Waals surface area contributed by atoms with Gasteiger partial charge in [-0.15, -0.1) is 0 Å². The predicted octanol–water partition coefficient (Wildman–Crippen LogP) is 0.0451. The van der Waals surface area contributed by atoms with E-state index in [4.69, 9.17) is 4.74 Å². The van der Waals surface area contributed by atoms with Gasteiger partial charge in [-0.25, -0.2) is 9.59 Å². The van der Waals surface area contributed by atoms with Gasteiger partial charge in [-0.3, -0.25) is 14.5 Å². The summed E-state index contributed by atoms with van der Waals surface area (Å²) in [6, 6.07) is -2.08. The number of likely N-dealkylation sites (N-methyl/N-ethyl adjacent to an activating group) is 1. The van der Waals surface area contributed by atoms with E-state index in [0.29, 0.717) is 6.54 Å². The zero-order chi connectivity index (χ0) is 18.5. The Hall–Kier alpha value is -2.16. The minimum absolute atomic E-state index is 0.0368. The van der Waals surface area contributed by atoms with Crippen LogP contribution in [0.5, 0.6) is 0 Å². The van der Waals surface area contributed by atoms with E-state index >= 15 is 0 Å². The van der Waals surface area contributed by atoms with Crippen molar-refractivity contribution < 1.29 is 29.0 Å². The number of carboxylic acids is 1. The molecule has 1 heterocycles. The van der Waals surface area contributed by atoms with Crippen LogP contribution in [0, 0.1) is 0 Å². The van der Waals surface area contributed by atoms with Gasteiger partial charge in [0.25, 0.3) is 0 Å². The number of carboxylic acid groups (broad SMARTS) is 1. The fraction of sp³-hybridized carbons (Fsp3) is 0.733. The van der Waals surface area contributed by atoms with E-state index in [-0.39, 0.29) is 26.1 Å². The highest BCUT2D eigenvalue weighted by Gasteiger charge is 2.36. The van der Waals surface area contributed by atoms with E-state index in [0.717, 1.165) is 4.90 Å². The average Bonchev–Trinajstić information content (AvgIpc) is 2.47. The minimum Gasteiger partial charge on any atom is -0.480 e. The highest BCUT2D eigenvalue weighted by atomic mass is 16.5. The van der Waals surface area contributed by atoms with Crippen LogP contribution in [-0.2, 0) is 19.1 Å². The fourth-order valence-electron chi connectivity index (χ4n) is 2.14. The molecular formula is C15H25N3O6. The highest BCUT2D eigenvalue weighted by Crippen LogP contribution is 2.09. The second kappa shape index (κ2) is 8.09. The van der Waals surface area contributed by atoms with Crippen molar-refractivity contribution in [1.29, 1.82) is 0 Å². The maximum atomic E-state index is 12.1. The summed E-state index contributed by atoms with van der Waals surface area (Å²) in [5.41, 5.74) is -0.425. The Balaban J connectivity index is 2.64. The quantitative estimate of drug-likeness (QED) is 0.658. The van der Waals surface area contributed by atoms with Crippen molar-refractivity contribution in [2.45, 2.75) is 45.8 Å². The molecular weight excluding hydrogens is 318 g/mol. The molecule has 2 N–H and O–H groups in total. The van der Waals surface area contributed by atoms with E-state index in [1.807, 2.05) is 20.8 Å². The van der Waals surface area contributed by atoms with Crippen LogP contribution < -0.4 is 5.32 Å². The number of ether oxygens (including phenoxy) is 1. The molecule has 136 valence electrons. The summed E-state index contributed by atoms with van der Waals surface area (Å²) < 4.78 is 5.45. The van der Waals surface area contributed by atoms with Gasteiger partial charge in [0.1, 0.15) is 6.04 Å². The van der Waals surface area contributed by atoms with Crippen LogP contribution in [0.15, 0.2) is 0 Å². The highest BCUT2D eigenvalue weighted by molar-refractivity contribution is 6.38. The summed E-state index contributed by atoms with van der Waals surface area (Å²) in [5, 5.41) is 11.5. The third-order valence-electron chi connectivity index (χ3n) is 3.47. The lowest BCUT2D eigenvalue weighted by Crippen LogP contribution is -2.59. The van der Waals surface area contributed by atoms with Crippen molar-refractivity contribution in [3.8, 4) is 0 Å². The Morgan fingerprint density at radius 2 is 1.88 bits per heavy atom. The molecule has 1 atom stereocenters. The molecule has 0 aliphatic carbocycles. The van der Waals surface area contributed by atoms with Gasteiger partial charge in [-0.05, 0) is 27.7 Å². The second-order valence-corrected chi connectivity index (χ2v) is 6.43. The van der Waals surface area contributed by atoms with Gasteiger partial charge < -0.3 is 20.1 Å². The maximum Gasteiger partial charge on any atom is 0.326 e. The summed E-state index contributed by atoms with van der Waals surface area (Å²) in [6.45, 7) is 8.01. The average molecular weight is 343 g/mol. The Kier molecular flexibility index (Phi) is 6.70. The Labute approximate surface area is 140 Å². The summed E-state index contributed by atoms with van der Waals surface area (Å²) in [5.74, 6) is -2.94. The summed E-state index contributed by atoms with van der Waals surface area (Å²) in [4.78, 5) is 49.2. The number of carbonyl (C=O) groups is 4. The zero-order valence-electron chi connectivity index (χ0n) is 14.5. The van der Waals surface area contributed by atoms with Crippen LogP contribution >= 0.6 is 0 Å². The SMILES string of the molecule is CCN1CCN(C(=O)N[C@@H](CCOC(C)(C)C)C(=O)O)C(=O)C1=O. The molecule has 0 saturated carbocycles. The number of carbonyl (C=O) groups excluding carboxylic acids is 3. The largest absolute Gasteiger partial charge is 0.480 e. The van der Waals surface area contributed by atoms with Crippen LogP contribution in [0.2, 0.25) is 0 Å². The van der Waals surface area contributed by atoms with Crippen LogP contribution in [0.1, 0.15) is 34.1 Å². The standard InChI is InChI=1S/C15H25N3O6/c1-5-17-7-8-18(12(20)11(17)19)14(23)16-10(13(21)22)6-9-24-15(2,3)4/h10H,5-9H2,1-4H3,(H,16,23)(H,21,22)/t10-/m0/s1. The number of rotatable bonds is 6. The van der Waals surface area contributed by atoms with E-state index in [1.165, 1.54) is 4.90 Å². The number of piperazine rings is 1. The number of urea groups is 1. The predicted molar refractivity (Wildman–Crippen MR) is 84.2 cm³/mol. The number of imide groups is 1. The van der Waals surface area contributed by atoms with Crippen LogP contribution in [-0.4, -0.2) is 76.6 Å². The fourth-order valence-corrected chi connectivity index (χ4v) is 2.14. The van der Waals surface area contributed by atoms with Crippen LogP contribution in [0.3, 0.4) is 0 Å². The van der Waals surface area contributed by atoms with Gasteiger partial charge in [0.2, 0.25) is 0 Å². The molecule has 0 aromatic rings. The third-order valence-corrected chi connectivity index (χ3v) is 3.47. The number of aliphatic carboxylic acids is 1. The van der Waals surface area contributed by atoms with E-state index in [1.54, 1.807) is 6.92 Å². The molecule has 0 unspecified atom stereocenters. The number of hydrogen-bond donors (Lipinski definition) is 2. The van der Waals surface area contributed by atoms with Crippen LogP contribution in [0.4, 0.5) is 4.79 Å². The lowest BCUT2D eigenvalue weighted by molar-refractivity contribution is -0.153. The molecule has 1 saturated heterocycles. The lowest BCUT2D eigenvalue weighted by Gasteiger charge is -2.32. The van der Waals surface area contributed by atoms with Gasteiger partial charge in [0.15, 0.2) is 0 Å². The number of nitrogens with zero attached hydrogens (tertiary/aromatic N) is 2. The van der Waals surface area contributed by atoms with Crippen LogP contribution in [0.25, 0.3) is 0 Å². The molecule has 1 rings (SSSR count). The van der Waals surface area contributed by atoms with Crippen molar-refractivity contribution in [1.82, 2.24) is 15.1 Å². The zero-order valence-corrected chi connectivity index (χ0v) is 14.5. The van der Waals surface area contributed by atoms with Gasteiger partial charge >= 0.3 is 23.8 Å². The Bertz CT molecular complexity index is 514. The monoisotopic (exact) mass is 343 g/mol. The van der Waals surface area contributed by atoms with Gasteiger partial charge in [0.05, 0.1) is 5.60 Å². The second-order valence-electron chi connectivity index (χ2n) is 6.43. The lowest BCUT2D eigenvalue weighted by atomic mass is 10.2. The molecule has 1 aliphatic heterocycles. The van der Waals surface area contributed by atoms with Crippen molar-refractivity contribution in [2.75, 3.05) is 26.2 Å². The van der Waals surface area contributed by atoms with Crippen molar-refractivity contribution >= 4 is 23.8 Å². The Morgan fingerprint density at radius 3 is 2.38 bits per heavy atom. The number of amides is 4. The molecule has 4 amide bonds. The van der Waals surface area contributed by atoms with Gasteiger partial charge in [-0.2, -0.15) is 0 Å². The smallest absolute Gasteiger partial charge is 0.326 e. The molecule has 1 aliphatic rings. The van der Waals surface area contributed by atoms with E-state index in [2.05, 4.69) is 5.32 Å². The van der Waals surface area contributed by atoms with Crippen molar-refractivity contribution in [3.63, 3.8) is 0 Å². The first kappa shape index (κ1) is 19.9. The molecule has 0 aromatic carbocycles. The first-order chi connectivity index (χ1) is 11.1. The van der Waals surface area contributed by atoms with Crippen molar-refractivity contribution in [3.05, 3.63) is 0 Å². The maximum absolute atomic E-state index is 12.1. The summed E-state index contributed by atoms with van der Waals surface area (Å²) in [6.07, 6.45) is 0.0510. The van der Waals surface area contributed by atoms with Gasteiger partial charge in [0, 0.05) is 32.7 Å². The molecule has 0 aromatic heterocycles. The van der Waals surface area contributed by atoms with E-state index in [9.17, 15) is 24.3 Å². The Morgan fingerprint density at radius 1 is 1.25 bits per heavy atom. The molecule has 1 fully saturated rings.